The maximum Gasteiger partial charge on any atom is 0.257 e. The zero-order valence-corrected chi connectivity index (χ0v) is 17.0. The number of nitrogens with zero attached hydrogens (tertiary/aromatic N) is 1. The summed E-state index contributed by atoms with van der Waals surface area (Å²) in [6.45, 7) is 4.28. The Morgan fingerprint density at radius 1 is 1.19 bits per heavy atom. The quantitative estimate of drug-likeness (QED) is 0.539. The number of nitrogens with one attached hydrogen (secondary N) is 1. The van der Waals surface area contributed by atoms with Gasteiger partial charge in [0.15, 0.2) is 0 Å². The number of hydrogen-bond acceptors (Lipinski definition) is 3. The average Bonchev–Trinajstić information content (AvgIpc) is 2.76. The van der Waals surface area contributed by atoms with Gasteiger partial charge in [0, 0.05) is 28.9 Å². The summed E-state index contributed by atoms with van der Waals surface area (Å²) in [5.74, 6) is -0.357. The Labute approximate surface area is 168 Å². The minimum atomic E-state index is -0.357. The van der Waals surface area contributed by atoms with Crippen LogP contribution in [0.2, 0.25) is 10.0 Å². The van der Waals surface area contributed by atoms with Crippen LogP contribution in [0.4, 0.5) is 5.69 Å². The van der Waals surface area contributed by atoms with Gasteiger partial charge in [0.1, 0.15) is 4.99 Å². The van der Waals surface area contributed by atoms with Gasteiger partial charge in [-0.15, -0.1) is 0 Å². The van der Waals surface area contributed by atoms with Crippen LogP contribution in [0.3, 0.4) is 0 Å². The summed E-state index contributed by atoms with van der Waals surface area (Å²) in [6.07, 6.45) is 1.83. The Kier molecular flexibility index (Phi) is 5.11. The molecule has 0 aliphatic carbocycles. The second-order valence-corrected chi connectivity index (χ2v) is 7.96. The van der Waals surface area contributed by atoms with Crippen LogP contribution in [-0.4, -0.2) is 17.9 Å². The Balaban J connectivity index is 1.84. The number of anilines is 1. The number of allylic oxidation sites excluding steroid dienone is 1. The monoisotopic (exact) mass is 404 g/mol. The van der Waals surface area contributed by atoms with Gasteiger partial charge in [0.2, 0.25) is 0 Å². The van der Waals surface area contributed by atoms with Crippen LogP contribution >= 0.6 is 35.4 Å². The zero-order chi connectivity index (χ0) is 19.1. The fraction of sp³-hybridized carbons (Fsp3) is 0.200. The van der Waals surface area contributed by atoms with Crippen LogP contribution in [0, 0.1) is 0 Å². The molecule has 0 bridgehead atoms. The van der Waals surface area contributed by atoms with Crippen molar-refractivity contribution in [3.63, 3.8) is 0 Å². The molecule has 1 amide bonds. The molecule has 26 heavy (non-hydrogen) atoms. The molecule has 1 aliphatic heterocycles. The van der Waals surface area contributed by atoms with E-state index in [1.165, 1.54) is 11.6 Å². The fourth-order valence-electron chi connectivity index (χ4n) is 3.27. The molecule has 0 aromatic heterocycles. The van der Waals surface area contributed by atoms with Crippen LogP contribution < -0.4 is 10.2 Å². The number of likely N-dealkylation sites (N-methyl/N-ethyl adjacent to an activating group) is 1. The van der Waals surface area contributed by atoms with Gasteiger partial charge < -0.3 is 10.2 Å². The normalized spacial score (nSPS) is 16.5. The molecule has 2 aromatic carbocycles. The molecule has 0 atom stereocenters. The summed E-state index contributed by atoms with van der Waals surface area (Å²) in [4.78, 5) is 14.9. The predicted octanol–water partition coefficient (Wildman–Crippen LogP) is 5.36. The van der Waals surface area contributed by atoms with Crippen molar-refractivity contribution >= 4 is 52.0 Å². The topological polar surface area (TPSA) is 32.3 Å². The molecule has 0 fully saturated rings. The molecule has 0 radical (unpaired) electrons. The van der Waals surface area contributed by atoms with E-state index in [9.17, 15) is 4.79 Å². The SMILES string of the molecule is CN1/C(=C\C(=S)NC(=O)c2ccc(Cl)cc2Cl)C(C)(C)c2ccccc21. The number of benzene rings is 2. The molecular weight excluding hydrogens is 387 g/mol. The Morgan fingerprint density at radius 3 is 2.54 bits per heavy atom. The van der Waals surface area contributed by atoms with Crippen molar-refractivity contribution in [3.8, 4) is 0 Å². The molecule has 1 aliphatic rings. The highest BCUT2D eigenvalue weighted by atomic mass is 35.5. The van der Waals surface area contributed by atoms with E-state index in [0.717, 1.165) is 11.4 Å². The minimum Gasteiger partial charge on any atom is -0.347 e. The molecule has 0 unspecified atom stereocenters. The highest BCUT2D eigenvalue weighted by Gasteiger charge is 2.38. The van der Waals surface area contributed by atoms with Crippen LogP contribution in [-0.2, 0) is 5.41 Å². The number of fused-ring (bicyclic) bond motifs is 1. The van der Waals surface area contributed by atoms with Crippen molar-refractivity contribution in [3.05, 3.63) is 75.4 Å². The van der Waals surface area contributed by atoms with Gasteiger partial charge in [-0.2, -0.15) is 0 Å². The second-order valence-electron chi connectivity index (χ2n) is 6.67. The standard InChI is InChI=1S/C20H18Cl2N2OS/c1-20(2)14-6-4-5-7-16(14)24(3)17(20)11-18(26)23-19(25)13-9-8-12(21)10-15(13)22/h4-11H,1-3H3,(H,23,25,26)/b17-11-. The van der Waals surface area contributed by atoms with E-state index in [1.54, 1.807) is 12.1 Å². The first kappa shape index (κ1) is 18.9. The molecule has 0 spiro atoms. The van der Waals surface area contributed by atoms with Crippen molar-refractivity contribution in [1.82, 2.24) is 5.32 Å². The number of carbonyl (C=O) groups excluding carboxylic acids is 1. The van der Waals surface area contributed by atoms with E-state index in [2.05, 4.69) is 36.2 Å². The smallest absolute Gasteiger partial charge is 0.257 e. The molecule has 0 saturated heterocycles. The lowest BCUT2D eigenvalue weighted by molar-refractivity contribution is 0.0978. The number of para-hydroxylation sites is 1. The van der Waals surface area contributed by atoms with E-state index in [4.69, 9.17) is 35.4 Å². The molecule has 3 nitrogen and oxygen atoms in total. The van der Waals surface area contributed by atoms with Gasteiger partial charge in [-0.25, -0.2) is 0 Å². The second kappa shape index (κ2) is 7.03. The predicted molar refractivity (Wildman–Crippen MR) is 112 cm³/mol. The number of amides is 1. The largest absolute Gasteiger partial charge is 0.347 e. The van der Waals surface area contributed by atoms with E-state index in [-0.39, 0.29) is 16.3 Å². The molecule has 0 saturated carbocycles. The molecule has 1 heterocycles. The third-order valence-corrected chi connectivity index (χ3v) is 5.39. The maximum absolute atomic E-state index is 12.5. The van der Waals surface area contributed by atoms with Gasteiger partial charge in [0.25, 0.3) is 5.91 Å². The van der Waals surface area contributed by atoms with Gasteiger partial charge in [-0.05, 0) is 35.9 Å². The molecule has 3 rings (SSSR count). The lowest BCUT2D eigenvalue weighted by Gasteiger charge is -2.24. The van der Waals surface area contributed by atoms with Gasteiger partial charge in [-0.1, -0.05) is 67.5 Å². The summed E-state index contributed by atoms with van der Waals surface area (Å²) in [7, 11) is 2.00. The van der Waals surface area contributed by atoms with E-state index < -0.39 is 0 Å². The minimum absolute atomic E-state index is 0.210. The highest BCUT2D eigenvalue weighted by Crippen LogP contribution is 2.46. The van der Waals surface area contributed by atoms with E-state index in [0.29, 0.717) is 15.6 Å². The molecule has 134 valence electrons. The maximum atomic E-state index is 12.5. The summed E-state index contributed by atoms with van der Waals surface area (Å²) in [6, 6.07) is 13.0. The van der Waals surface area contributed by atoms with Crippen LogP contribution in [0.15, 0.2) is 54.2 Å². The van der Waals surface area contributed by atoms with Crippen molar-refractivity contribution in [2.45, 2.75) is 19.3 Å². The fourth-order valence-corrected chi connectivity index (χ4v) is 3.97. The first-order valence-corrected chi connectivity index (χ1v) is 9.24. The third-order valence-electron chi connectivity index (χ3n) is 4.62. The molecule has 6 heteroatoms. The summed E-state index contributed by atoms with van der Waals surface area (Å²) < 4.78 is 0. The number of halogens is 2. The molecule has 2 aromatic rings. The summed E-state index contributed by atoms with van der Waals surface area (Å²) in [5.41, 5.74) is 3.51. The van der Waals surface area contributed by atoms with Crippen LogP contribution in [0.25, 0.3) is 0 Å². The van der Waals surface area contributed by atoms with Crippen molar-refractivity contribution in [1.29, 1.82) is 0 Å². The lowest BCUT2D eigenvalue weighted by Crippen LogP contribution is -2.31. The Bertz CT molecular complexity index is 937. The highest BCUT2D eigenvalue weighted by molar-refractivity contribution is 7.80. The third kappa shape index (κ3) is 3.37. The first-order chi connectivity index (χ1) is 12.2. The summed E-state index contributed by atoms with van der Waals surface area (Å²) >= 11 is 17.4. The molecule has 1 N–H and O–H groups in total. The number of hydrogen-bond donors (Lipinski definition) is 1. The van der Waals surface area contributed by atoms with Gasteiger partial charge in [0.05, 0.1) is 10.6 Å². The number of thiocarbonyl (C=S) groups is 1. The average molecular weight is 405 g/mol. The Hall–Kier alpha value is -1.88. The van der Waals surface area contributed by atoms with Crippen LogP contribution in [0.5, 0.6) is 0 Å². The van der Waals surface area contributed by atoms with Gasteiger partial charge in [-0.3, -0.25) is 4.79 Å². The van der Waals surface area contributed by atoms with E-state index >= 15 is 0 Å². The number of carbonyl (C=O) groups is 1. The van der Waals surface area contributed by atoms with Gasteiger partial charge >= 0.3 is 0 Å². The zero-order valence-electron chi connectivity index (χ0n) is 14.6. The molecular formula is C20H18Cl2N2OS. The number of rotatable bonds is 2. The van der Waals surface area contributed by atoms with Crippen LogP contribution in [0.1, 0.15) is 29.8 Å². The van der Waals surface area contributed by atoms with E-state index in [1.807, 2.05) is 25.3 Å². The van der Waals surface area contributed by atoms with Crippen molar-refractivity contribution < 1.29 is 4.79 Å². The summed E-state index contributed by atoms with van der Waals surface area (Å²) in [5, 5.41) is 3.49. The first-order valence-electron chi connectivity index (χ1n) is 8.07. The van der Waals surface area contributed by atoms with Crippen molar-refractivity contribution in [2.24, 2.45) is 0 Å². The lowest BCUT2D eigenvalue weighted by atomic mass is 9.84. The Morgan fingerprint density at radius 2 is 1.88 bits per heavy atom. The van der Waals surface area contributed by atoms with Crippen molar-refractivity contribution in [2.75, 3.05) is 11.9 Å².